The summed E-state index contributed by atoms with van der Waals surface area (Å²) in [7, 11) is 4.60. The number of hydrogen-bond acceptors (Lipinski definition) is 13. The normalized spacial score (nSPS) is 39.0. The molecule has 3 heterocycles. The molecule has 0 spiro atoms. The van der Waals surface area contributed by atoms with Gasteiger partial charge in [-0.1, -0.05) is 71.1 Å². The Hall–Kier alpha value is -3.08. The lowest BCUT2D eigenvalue weighted by Crippen LogP contribution is -2.61. The fourth-order valence-electron chi connectivity index (χ4n) is 10.3. The molecule has 4 N–H and O–H groups in total. The molecule has 4 unspecified atom stereocenters. The lowest BCUT2D eigenvalue weighted by molar-refractivity contribution is -0.265. The Morgan fingerprint density at radius 3 is 2.25 bits per heavy atom. The van der Waals surface area contributed by atoms with Gasteiger partial charge in [-0.15, -0.1) is 0 Å². The van der Waals surface area contributed by atoms with E-state index in [0.29, 0.717) is 63.4 Å². The number of piperidine rings is 1. The highest BCUT2D eigenvalue weighted by Gasteiger charge is 2.53. The average molecular weight is 916 g/mol. The number of cyclic esters (lactones) is 1. The molecule has 3 fully saturated rings. The fourth-order valence-corrected chi connectivity index (χ4v) is 10.3. The first-order chi connectivity index (χ1) is 30.7. The average Bonchev–Trinajstić information content (AvgIpc) is 3.28. The van der Waals surface area contributed by atoms with E-state index in [0.717, 1.165) is 12.0 Å². The van der Waals surface area contributed by atoms with Crippen LogP contribution >= 0.6 is 0 Å². The monoisotopic (exact) mass is 916 g/mol. The summed E-state index contributed by atoms with van der Waals surface area (Å²) in [6, 6.07) is -1.13. The van der Waals surface area contributed by atoms with Crippen molar-refractivity contribution in [2.75, 3.05) is 27.9 Å². The Bertz CT molecular complexity index is 1710. The minimum Gasteiger partial charge on any atom is -0.460 e. The van der Waals surface area contributed by atoms with E-state index in [4.69, 9.17) is 23.7 Å². The standard InChI is InChI=1S/C51H81NO13/c1-30-16-12-11-13-17-31(2)42(61-8)28-38-21-19-36(7)51(60,65-38)48(57)49(58)52-23-15-14-18-39(52)50(59)64-43(33(4)26-37-20-22-40(53)44(27-37)62-9)29-41(54)32(3)25-35(6)46(56)47(63-10)45(55)34(5)24-30/h11-13,16-17,25,30,33-40,42-47,53,55-56,60H,14-15,18-24,26-29H2,1-10H3/t30-,33-,34-,35?,36-,37?,38?,39?,40-,42+,43+,44-,45+,46-,47+,51-/m1/s1. The fraction of sp³-hybridized carbons (Fsp3) is 0.765. The van der Waals surface area contributed by atoms with Gasteiger partial charge in [0.2, 0.25) is 5.79 Å². The number of methoxy groups -OCH3 is 3. The number of carbonyl (C=O) groups is 4. The number of aliphatic hydroxyl groups excluding tert-OH is 3. The van der Waals surface area contributed by atoms with Crippen molar-refractivity contribution in [2.24, 2.45) is 35.5 Å². The van der Waals surface area contributed by atoms with Crippen molar-refractivity contribution in [1.82, 2.24) is 4.90 Å². The third kappa shape index (κ3) is 14.5. The minimum absolute atomic E-state index is 0.0828. The van der Waals surface area contributed by atoms with Crippen LogP contribution < -0.4 is 0 Å². The molecular formula is C51H81NO13. The number of ketones is 2. The highest BCUT2D eigenvalue weighted by atomic mass is 16.6. The number of ether oxygens (including phenoxy) is 5. The summed E-state index contributed by atoms with van der Waals surface area (Å²) >= 11 is 0. The number of Topliss-reactive ketones (excluding diaryl/α,β-unsaturated/α-hetero) is 2. The van der Waals surface area contributed by atoms with Crippen molar-refractivity contribution < 1.29 is 63.3 Å². The number of hydrogen-bond donors (Lipinski definition) is 4. The van der Waals surface area contributed by atoms with Crippen LogP contribution in [0.4, 0.5) is 0 Å². The van der Waals surface area contributed by atoms with E-state index >= 15 is 0 Å². The third-order valence-corrected chi connectivity index (χ3v) is 14.7. The van der Waals surface area contributed by atoms with Crippen LogP contribution in [0.3, 0.4) is 0 Å². The van der Waals surface area contributed by atoms with Crippen LogP contribution in [0.25, 0.3) is 0 Å². The Morgan fingerprint density at radius 2 is 1.57 bits per heavy atom. The highest BCUT2D eigenvalue weighted by Crippen LogP contribution is 2.38. The zero-order valence-corrected chi connectivity index (χ0v) is 40.7. The SMILES string of the molecule is CO[C@H]1[C@@H](O)[C@H](C)C[C@H](C)C=CC=CC=C(C)[C@@H](OC)CC2CC[C@@H](C)[C@@](O)(O2)C(=O)C(=O)N2CCCCC2C(=O)O[C@H]([C@H](C)CC2CC[C@@H](O)[C@H](OC)C2)CC(=O)C(C)=CC(C)[C@H]1O. The Balaban J connectivity index is 1.70. The highest BCUT2D eigenvalue weighted by molar-refractivity contribution is 6.39. The number of allylic oxidation sites excluding steroid dienone is 6. The van der Waals surface area contributed by atoms with Crippen LogP contribution in [0.5, 0.6) is 0 Å². The molecule has 0 aromatic carbocycles. The van der Waals surface area contributed by atoms with Crippen molar-refractivity contribution in [2.45, 2.75) is 186 Å². The second-order valence-electron chi connectivity index (χ2n) is 19.8. The molecule has 0 aromatic rings. The summed E-state index contributed by atoms with van der Waals surface area (Å²) in [5.41, 5.74) is 1.23. The van der Waals surface area contributed by atoms with Crippen molar-refractivity contribution >= 4 is 23.4 Å². The first-order valence-corrected chi connectivity index (χ1v) is 24.1. The molecule has 3 aliphatic heterocycles. The quantitative estimate of drug-likeness (QED) is 0.180. The topological polar surface area (TPSA) is 199 Å². The maximum Gasteiger partial charge on any atom is 0.329 e. The van der Waals surface area contributed by atoms with Crippen molar-refractivity contribution in [3.05, 3.63) is 47.6 Å². The number of amides is 1. The maximum absolute atomic E-state index is 14.4. The molecule has 16 atom stereocenters. The molecule has 14 nitrogen and oxygen atoms in total. The van der Waals surface area contributed by atoms with Crippen LogP contribution in [-0.4, -0.2) is 137 Å². The molecule has 1 amide bonds. The van der Waals surface area contributed by atoms with Gasteiger partial charge < -0.3 is 49.0 Å². The minimum atomic E-state index is -2.42. The van der Waals surface area contributed by atoms with Gasteiger partial charge in [0.05, 0.1) is 36.6 Å². The molecule has 0 radical (unpaired) electrons. The summed E-state index contributed by atoms with van der Waals surface area (Å²) in [5, 5.41) is 45.4. The van der Waals surface area contributed by atoms with Crippen LogP contribution in [-0.2, 0) is 42.9 Å². The summed E-state index contributed by atoms with van der Waals surface area (Å²) in [5.74, 6) is -7.30. The Morgan fingerprint density at radius 1 is 0.846 bits per heavy atom. The van der Waals surface area contributed by atoms with Gasteiger partial charge in [0, 0.05) is 52.6 Å². The maximum atomic E-state index is 14.4. The molecule has 4 rings (SSSR count). The molecule has 2 bridgehead atoms. The number of esters is 1. The Labute approximate surface area is 387 Å². The van der Waals surface area contributed by atoms with Gasteiger partial charge in [0.15, 0.2) is 5.78 Å². The van der Waals surface area contributed by atoms with Crippen LogP contribution in [0.2, 0.25) is 0 Å². The lowest BCUT2D eigenvalue weighted by Gasteiger charge is -2.42. The Kier molecular flexibility index (Phi) is 21.3. The van der Waals surface area contributed by atoms with Crippen LogP contribution in [0.1, 0.15) is 126 Å². The van der Waals surface area contributed by atoms with E-state index < -0.39 is 84.1 Å². The molecule has 65 heavy (non-hydrogen) atoms. The number of rotatable bonds is 6. The zero-order valence-electron chi connectivity index (χ0n) is 40.7. The number of carbonyl (C=O) groups excluding carboxylic acids is 4. The second-order valence-corrected chi connectivity index (χ2v) is 19.8. The van der Waals surface area contributed by atoms with E-state index in [1.807, 2.05) is 58.1 Å². The zero-order chi connectivity index (χ0) is 48.2. The van der Waals surface area contributed by atoms with Crippen molar-refractivity contribution in [3.8, 4) is 0 Å². The van der Waals surface area contributed by atoms with E-state index in [1.54, 1.807) is 41.1 Å². The molecule has 1 aliphatic carbocycles. The van der Waals surface area contributed by atoms with Crippen LogP contribution in [0.15, 0.2) is 47.6 Å². The van der Waals surface area contributed by atoms with Gasteiger partial charge in [-0.25, -0.2) is 4.79 Å². The molecule has 0 aromatic heterocycles. The smallest absolute Gasteiger partial charge is 0.329 e. The molecule has 2 saturated heterocycles. The molecule has 4 aliphatic rings. The van der Waals surface area contributed by atoms with Crippen molar-refractivity contribution in [3.63, 3.8) is 0 Å². The van der Waals surface area contributed by atoms with Crippen molar-refractivity contribution in [1.29, 1.82) is 0 Å². The van der Waals surface area contributed by atoms with E-state index in [-0.39, 0.29) is 54.9 Å². The van der Waals surface area contributed by atoms with Gasteiger partial charge >= 0.3 is 5.97 Å². The van der Waals surface area contributed by atoms with Crippen LogP contribution in [0, 0.1) is 35.5 Å². The van der Waals surface area contributed by atoms with E-state index in [1.165, 1.54) is 12.0 Å². The van der Waals surface area contributed by atoms with Gasteiger partial charge in [0.25, 0.3) is 11.7 Å². The number of fused-ring (bicyclic) bond motifs is 3. The second kappa shape index (κ2) is 25.3. The first kappa shape index (κ1) is 54.5. The lowest BCUT2D eigenvalue weighted by atomic mass is 9.78. The van der Waals surface area contributed by atoms with Gasteiger partial charge in [-0.3, -0.25) is 14.4 Å². The van der Waals surface area contributed by atoms with Gasteiger partial charge in [0.1, 0.15) is 18.2 Å². The summed E-state index contributed by atoms with van der Waals surface area (Å²) < 4.78 is 29.5. The van der Waals surface area contributed by atoms with Gasteiger partial charge in [-0.05, 0) is 113 Å². The number of aliphatic hydroxyl groups is 4. The predicted octanol–water partition coefficient (Wildman–Crippen LogP) is 5.97. The van der Waals surface area contributed by atoms with E-state index in [2.05, 4.69) is 0 Å². The van der Waals surface area contributed by atoms with Gasteiger partial charge in [-0.2, -0.15) is 0 Å². The molecule has 14 heteroatoms. The summed E-state index contributed by atoms with van der Waals surface area (Å²) in [6.45, 7) is 13.0. The first-order valence-electron chi connectivity index (χ1n) is 24.1. The number of nitrogens with zero attached hydrogens (tertiary/aromatic N) is 1. The summed E-state index contributed by atoms with van der Waals surface area (Å²) in [6.07, 6.45) is 10.9. The molecular weight excluding hydrogens is 835 g/mol. The van der Waals surface area contributed by atoms with E-state index in [9.17, 15) is 39.6 Å². The largest absolute Gasteiger partial charge is 0.460 e. The molecule has 368 valence electrons. The summed E-state index contributed by atoms with van der Waals surface area (Å²) in [4.78, 5) is 58.1. The third-order valence-electron chi connectivity index (χ3n) is 14.7. The predicted molar refractivity (Wildman–Crippen MR) is 246 cm³/mol. The molecule has 1 saturated carbocycles.